The SMILES string of the molecule is CC(C)CCNC(=S)Nc1ccc2c(c1)OCCO2. The number of anilines is 1. The molecule has 0 spiro atoms. The van der Waals surface area contributed by atoms with Gasteiger partial charge in [-0.25, -0.2) is 0 Å². The fraction of sp³-hybridized carbons (Fsp3) is 0.500. The molecule has 0 saturated carbocycles. The summed E-state index contributed by atoms with van der Waals surface area (Å²) in [6.45, 7) is 6.47. The lowest BCUT2D eigenvalue weighted by molar-refractivity contribution is 0.171. The second-order valence-electron chi connectivity index (χ2n) is 4.92. The summed E-state index contributed by atoms with van der Waals surface area (Å²) < 4.78 is 11.0. The van der Waals surface area contributed by atoms with Crippen LogP contribution in [0.15, 0.2) is 18.2 Å². The van der Waals surface area contributed by atoms with E-state index < -0.39 is 0 Å². The Balaban J connectivity index is 1.86. The van der Waals surface area contributed by atoms with Gasteiger partial charge in [0.25, 0.3) is 0 Å². The third kappa shape index (κ3) is 4.28. The number of thiocarbonyl (C=S) groups is 1. The molecule has 1 aliphatic rings. The molecule has 0 radical (unpaired) electrons. The van der Waals surface area contributed by atoms with Crippen molar-refractivity contribution in [2.24, 2.45) is 5.92 Å². The van der Waals surface area contributed by atoms with Gasteiger partial charge in [-0.2, -0.15) is 0 Å². The Kier molecular flexibility index (Phi) is 4.85. The summed E-state index contributed by atoms with van der Waals surface area (Å²) in [6.07, 6.45) is 1.10. The molecule has 0 amide bonds. The van der Waals surface area contributed by atoms with Gasteiger partial charge in [-0.3, -0.25) is 0 Å². The van der Waals surface area contributed by atoms with E-state index in [1.165, 1.54) is 0 Å². The molecule has 1 heterocycles. The van der Waals surface area contributed by atoms with Crippen LogP contribution in [-0.2, 0) is 0 Å². The van der Waals surface area contributed by atoms with E-state index in [2.05, 4.69) is 24.5 Å². The van der Waals surface area contributed by atoms with Crippen LogP contribution in [-0.4, -0.2) is 24.9 Å². The lowest BCUT2D eigenvalue weighted by atomic mass is 10.1. The van der Waals surface area contributed by atoms with Crippen molar-refractivity contribution < 1.29 is 9.47 Å². The van der Waals surface area contributed by atoms with Crippen LogP contribution in [0.2, 0.25) is 0 Å². The highest BCUT2D eigenvalue weighted by atomic mass is 32.1. The molecule has 4 nitrogen and oxygen atoms in total. The lowest BCUT2D eigenvalue weighted by Crippen LogP contribution is -2.29. The predicted molar refractivity (Wildman–Crippen MR) is 81.1 cm³/mol. The molecule has 19 heavy (non-hydrogen) atoms. The van der Waals surface area contributed by atoms with Crippen molar-refractivity contribution in [3.8, 4) is 11.5 Å². The van der Waals surface area contributed by atoms with Gasteiger partial charge >= 0.3 is 0 Å². The Morgan fingerprint density at radius 2 is 2.00 bits per heavy atom. The second kappa shape index (κ2) is 6.61. The van der Waals surface area contributed by atoms with E-state index in [1.54, 1.807) is 0 Å². The van der Waals surface area contributed by atoms with E-state index in [9.17, 15) is 0 Å². The maximum absolute atomic E-state index is 5.53. The predicted octanol–water partition coefficient (Wildman–Crippen LogP) is 2.79. The summed E-state index contributed by atoms with van der Waals surface area (Å²) in [7, 11) is 0. The van der Waals surface area contributed by atoms with Crippen LogP contribution >= 0.6 is 12.2 Å². The first-order chi connectivity index (χ1) is 9.15. The molecule has 5 heteroatoms. The number of nitrogens with one attached hydrogen (secondary N) is 2. The van der Waals surface area contributed by atoms with Crippen molar-refractivity contribution in [1.29, 1.82) is 0 Å². The van der Waals surface area contributed by atoms with E-state index in [0.29, 0.717) is 24.2 Å². The molecule has 2 N–H and O–H groups in total. The van der Waals surface area contributed by atoms with Crippen LogP contribution in [0.4, 0.5) is 5.69 Å². The highest BCUT2D eigenvalue weighted by molar-refractivity contribution is 7.80. The van der Waals surface area contributed by atoms with Crippen LogP contribution in [0.3, 0.4) is 0 Å². The van der Waals surface area contributed by atoms with Crippen molar-refractivity contribution in [2.45, 2.75) is 20.3 Å². The average Bonchev–Trinajstić information content (AvgIpc) is 2.38. The summed E-state index contributed by atoms with van der Waals surface area (Å²) in [6, 6.07) is 5.74. The number of hydrogen-bond donors (Lipinski definition) is 2. The minimum Gasteiger partial charge on any atom is -0.486 e. The number of hydrogen-bond acceptors (Lipinski definition) is 3. The average molecular weight is 280 g/mol. The lowest BCUT2D eigenvalue weighted by Gasteiger charge is -2.19. The van der Waals surface area contributed by atoms with Gasteiger partial charge in [0.2, 0.25) is 0 Å². The molecule has 0 unspecified atom stereocenters. The Morgan fingerprint density at radius 1 is 1.26 bits per heavy atom. The third-order valence-electron chi connectivity index (χ3n) is 2.81. The molecular weight excluding hydrogens is 260 g/mol. The maximum atomic E-state index is 5.53. The monoisotopic (exact) mass is 280 g/mol. The van der Waals surface area contributed by atoms with E-state index in [-0.39, 0.29) is 0 Å². The number of benzene rings is 1. The van der Waals surface area contributed by atoms with Gasteiger partial charge in [-0.05, 0) is 36.7 Å². The highest BCUT2D eigenvalue weighted by Gasteiger charge is 2.11. The molecule has 0 saturated heterocycles. The molecular formula is C14H20N2O2S. The van der Waals surface area contributed by atoms with Crippen LogP contribution < -0.4 is 20.1 Å². The van der Waals surface area contributed by atoms with Crippen molar-refractivity contribution >= 4 is 23.0 Å². The molecule has 1 aliphatic heterocycles. The van der Waals surface area contributed by atoms with Crippen molar-refractivity contribution in [3.05, 3.63) is 18.2 Å². The molecule has 104 valence electrons. The summed E-state index contributed by atoms with van der Waals surface area (Å²) in [5, 5.41) is 6.98. The molecule has 0 bridgehead atoms. The van der Waals surface area contributed by atoms with E-state index in [1.807, 2.05) is 18.2 Å². The van der Waals surface area contributed by atoms with Gasteiger partial charge in [-0.15, -0.1) is 0 Å². The minimum atomic E-state index is 0.591. The molecule has 1 aromatic carbocycles. The zero-order chi connectivity index (χ0) is 13.7. The van der Waals surface area contributed by atoms with Crippen LogP contribution in [0.1, 0.15) is 20.3 Å². The topological polar surface area (TPSA) is 42.5 Å². The van der Waals surface area contributed by atoms with Gasteiger partial charge in [-0.1, -0.05) is 13.8 Å². The second-order valence-corrected chi connectivity index (χ2v) is 5.33. The largest absolute Gasteiger partial charge is 0.486 e. The smallest absolute Gasteiger partial charge is 0.170 e. The van der Waals surface area contributed by atoms with Crippen LogP contribution in [0, 0.1) is 5.92 Å². The molecule has 1 aromatic rings. The first kappa shape index (κ1) is 13.9. The first-order valence-electron chi connectivity index (χ1n) is 6.59. The zero-order valence-corrected chi connectivity index (χ0v) is 12.2. The van der Waals surface area contributed by atoms with Crippen molar-refractivity contribution in [3.63, 3.8) is 0 Å². The Labute approximate surface area is 119 Å². The number of fused-ring (bicyclic) bond motifs is 1. The zero-order valence-electron chi connectivity index (χ0n) is 11.4. The third-order valence-corrected chi connectivity index (χ3v) is 3.05. The summed E-state index contributed by atoms with van der Waals surface area (Å²) in [5.74, 6) is 2.22. The first-order valence-corrected chi connectivity index (χ1v) is 7.00. The normalized spacial score (nSPS) is 13.2. The van der Waals surface area contributed by atoms with Gasteiger partial charge < -0.3 is 20.1 Å². The quantitative estimate of drug-likeness (QED) is 0.830. The van der Waals surface area contributed by atoms with Crippen LogP contribution in [0.5, 0.6) is 11.5 Å². The van der Waals surface area contributed by atoms with Crippen molar-refractivity contribution in [2.75, 3.05) is 25.1 Å². The molecule has 0 aliphatic carbocycles. The summed E-state index contributed by atoms with van der Waals surface area (Å²) in [4.78, 5) is 0. The van der Waals surface area contributed by atoms with E-state index >= 15 is 0 Å². The highest BCUT2D eigenvalue weighted by Crippen LogP contribution is 2.32. The molecule has 0 atom stereocenters. The Hall–Kier alpha value is -1.49. The van der Waals surface area contributed by atoms with Gasteiger partial charge in [0.1, 0.15) is 13.2 Å². The van der Waals surface area contributed by atoms with E-state index in [4.69, 9.17) is 21.7 Å². The minimum absolute atomic E-state index is 0.591. The summed E-state index contributed by atoms with van der Waals surface area (Å²) >= 11 is 5.25. The Morgan fingerprint density at radius 3 is 2.74 bits per heavy atom. The summed E-state index contributed by atoms with van der Waals surface area (Å²) in [5.41, 5.74) is 0.909. The number of ether oxygens (including phenoxy) is 2. The van der Waals surface area contributed by atoms with Gasteiger partial charge in [0, 0.05) is 18.3 Å². The van der Waals surface area contributed by atoms with Crippen molar-refractivity contribution in [1.82, 2.24) is 5.32 Å². The van der Waals surface area contributed by atoms with Crippen LogP contribution in [0.25, 0.3) is 0 Å². The molecule has 2 rings (SSSR count). The standard InChI is InChI=1S/C14H20N2O2S/c1-10(2)5-6-15-14(19)16-11-3-4-12-13(9-11)18-8-7-17-12/h3-4,9-10H,5-8H2,1-2H3,(H2,15,16,19). The molecule has 0 aromatic heterocycles. The van der Waals surface area contributed by atoms with Gasteiger partial charge in [0.15, 0.2) is 16.6 Å². The maximum Gasteiger partial charge on any atom is 0.170 e. The Bertz CT molecular complexity index is 449. The fourth-order valence-corrected chi connectivity index (χ4v) is 1.99. The van der Waals surface area contributed by atoms with E-state index in [0.717, 1.165) is 30.2 Å². The van der Waals surface area contributed by atoms with Gasteiger partial charge in [0.05, 0.1) is 0 Å². The number of rotatable bonds is 4. The molecule has 0 fully saturated rings. The fourth-order valence-electron chi connectivity index (χ4n) is 1.77.